The number of carbonyl (C=O) groups excluding carboxylic acids is 1. The van der Waals surface area contributed by atoms with E-state index in [2.05, 4.69) is 6.58 Å². The SMILES string of the molecule is C=CC(=O)OC(C)CCC(=O)O. The number of carbonyl (C=O) groups is 2. The molecule has 0 amide bonds. The van der Waals surface area contributed by atoms with E-state index >= 15 is 0 Å². The summed E-state index contributed by atoms with van der Waals surface area (Å²) in [5.74, 6) is -1.41. The molecule has 0 aromatic heterocycles. The van der Waals surface area contributed by atoms with Gasteiger partial charge in [-0.1, -0.05) is 6.58 Å². The number of rotatable bonds is 5. The standard InChI is InChI=1S/C8H12O4/c1-3-8(11)12-6(2)4-5-7(9)10/h3,6H,1,4-5H2,2H3,(H,9,10). The average Bonchev–Trinajstić information content (AvgIpc) is 2.00. The zero-order valence-electron chi connectivity index (χ0n) is 6.95. The van der Waals surface area contributed by atoms with E-state index in [-0.39, 0.29) is 12.5 Å². The molecule has 0 fully saturated rings. The van der Waals surface area contributed by atoms with Crippen molar-refractivity contribution < 1.29 is 19.4 Å². The van der Waals surface area contributed by atoms with Crippen molar-refractivity contribution in [2.75, 3.05) is 0 Å². The first-order valence-electron chi connectivity index (χ1n) is 3.61. The van der Waals surface area contributed by atoms with Crippen molar-refractivity contribution in [1.82, 2.24) is 0 Å². The van der Waals surface area contributed by atoms with E-state index in [0.717, 1.165) is 6.08 Å². The molecule has 0 aromatic carbocycles. The lowest BCUT2D eigenvalue weighted by Crippen LogP contribution is -2.14. The third-order valence-corrected chi connectivity index (χ3v) is 1.25. The molecule has 1 unspecified atom stereocenters. The summed E-state index contributed by atoms with van der Waals surface area (Å²) in [5.41, 5.74) is 0. The molecule has 0 saturated heterocycles. The molecule has 0 rings (SSSR count). The first kappa shape index (κ1) is 10.7. The topological polar surface area (TPSA) is 63.6 Å². The lowest BCUT2D eigenvalue weighted by atomic mass is 10.2. The van der Waals surface area contributed by atoms with Gasteiger partial charge in [-0.2, -0.15) is 0 Å². The van der Waals surface area contributed by atoms with Crippen LogP contribution in [0.15, 0.2) is 12.7 Å². The Morgan fingerprint density at radius 3 is 2.67 bits per heavy atom. The highest BCUT2D eigenvalue weighted by Crippen LogP contribution is 2.01. The van der Waals surface area contributed by atoms with Crippen LogP contribution in [0.25, 0.3) is 0 Å². The van der Waals surface area contributed by atoms with E-state index in [1.807, 2.05) is 0 Å². The Morgan fingerprint density at radius 1 is 1.67 bits per heavy atom. The molecule has 0 bridgehead atoms. The molecule has 12 heavy (non-hydrogen) atoms. The van der Waals surface area contributed by atoms with E-state index in [9.17, 15) is 9.59 Å². The number of ether oxygens (including phenoxy) is 1. The molecule has 1 N–H and O–H groups in total. The molecule has 4 nitrogen and oxygen atoms in total. The van der Waals surface area contributed by atoms with E-state index in [4.69, 9.17) is 9.84 Å². The van der Waals surface area contributed by atoms with Crippen LogP contribution in [0.1, 0.15) is 19.8 Å². The first-order valence-corrected chi connectivity index (χ1v) is 3.61. The molecule has 0 aromatic rings. The van der Waals surface area contributed by atoms with Crippen molar-refractivity contribution in [3.05, 3.63) is 12.7 Å². The van der Waals surface area contributed by atoms with Crippen LogP contribution in [0.4, 0.5) is 0 Å². The van der Waals surface area contributed by atoms with Gasteiger partial charge >= 0.3 is 11.9 Å². The fourth-order valence-corrected chi connectivity index (χ4v) is 0.632. The Labute approximate surface area is 70.8 Å². The van der Waals surface area contributed by atoms with Gasteiger partial charge in [0.15, 0.2) is 0 Å². The highest BCUT2D eigenvalue weighted by atomic mass is 16.5. The van der Waals surface area contributed by atoms with Crippen LogP contribution in [-0.2, 0) is 14.3 Å². The highest BCUT2D eigenvalue weighted by Gasteiger charge is 2.08. The van der Waals surface area contributed by atoms with Crippen molar-refractivity contribution >= 4 is 11.9 Å². The summed E-state index contributed by atoms with van der Waals surface area (Å²) in [7, 11) is 0. The second-order valence-corrected chi connectivity index (χ2v) is 2.38. The molecular formula is C8H12O4. The van der Waals surface area contributed by atoms with Gasteiger partial charge in [0.1, 0.15) is 0 Å². The molecule has 0 aliphatic carbocycles. The third-order valence-electron chi connectivity index (χ3n) is 1.25. The van der Waals surface area contributed by atoms with Gasteiger partial charge in [0.25, 0.3) is 0 Å². The zero-order valence-corrected chi connectivity index (χ0v) is 6.95. The maximum absolute atomic E-state index is 10.6. The molecular weight excluding hydrogens is 160 g/mol. The predicted molar refractivity (Wildman–Crippen MR) is 42.6 cm³/mol. The van der Waals surface area contributed by atoms with E-state index in [1.54, 1.807) is 6.92 Å². The van der Waals surface area contributed by atoms with Gasteiger partial charge in [-0.15, -0.1) is 0 Å². The lowest BCUT2D eigenvalue weighted by molar-refractivity contribution is -0.145. The quantitative estimate of drug-likeness (QED) is 0.495. The van der Waals surface area contributed by atoms with E-state index < -0.39 is 11.9 Å². The van der Waals surface area contributed by atoms with Crippen LogP contribution < -0.4 is 0 Å². The van der Waals surface area contributed by atoms with Crippen LogP contribution in [-0.4, -0.2) is 23.1 Å². The fraction of sp³-hybridized carbons (Fsp3) is 0.500. The largest absolute Gasteiger partial charge is 0.481 e. The zero-order chi connectivity index (χ0) is 9.56. The monoisotopic (exact) mass is 172 g/mol. The molecule has 68 valence electrons. The minimum atomic E-state index is -0.892. The van der Waals surface area contributed by atoms with Crippen molar-refractivity contribution in [2.24, 2.45) is 0 Å². The van der Waals surface area contributed by atoms with Crippen LogP contribution in [0.3, 0.4) is 0 Å². The molecule has 0 aliphatic rings. The lowest BCUT2D eigenvalue weighted by Gasteiger charge is -2.09. The molecule has 4 heteroatoms. The van der Waals surface area contributed by atoms with Crippen molar-refractivity contribution in [2.45, 2.75) is 25.9 Å². The second kappa shape index (κ2) is 5.35. The molecule has 0 saturated carbocycles. The summed E-state index contributed by atoms with van der Waals surface area (Å²) in [5, 5.41) is 8.29. The Morgan fingerprint density at radius 2 is 2.25 bits per heavy atom. The predicted octanol–water partition coefficient (Wildman–Crippen LogP) is 0.969. The van der Waals surface area contributed by atoms with Gasteiger partial charge in [0.2, 0.25) is 0 Å². The van der Waals surface area contributed by atoms with Gasteiger partial charge in [-0.25, -0.2) is 4.79 Å². The second-order valence-electron chi connectivity index (χ2n) is 2.38. The summed E-state index contributed by atoms with van der Waals surface area (Å²) in [6.07, 6.45) is 1.02. The van der Waals surface area contributed by atoms with Crippen molar-refractivity contribution in [1.29, 1.82) is 0 Å². The fourth-order valence-electron chi connectivity index (χ4n) is 0.632. The van der Waals surface area contributed by atoms with E-state index in [1.165, 1.54) is 0 Å². The smallest absolute Gasteiger partial charge is 0.330 e. The summed E-state index contributed by atoms with van der Waals surface area (Å²) >= 11 is 0. The Hall–Kier alpha value is -1.32. The van der Waals surface area contributed by atoms with Gasteiger partial charge in [-0.3, -0.25) is 4.79 Å². The van der Waals surface area contributed by atoms with Gasteiger partial charge in [0, 0.05) is 12.5 Å². The highest BCUT2D eigenvalue weighted by molar-refractivity contribution is 5.81. The van der Waals surface area contributed by atoms with Crippen LogP contribution >= 0.6 is 0 Å². The molecule has 0 spiro atoms. The number of carboxylic acids is 1. The Kier molecular flexibility index (Phi) is 4.76. The third kappa shape index (κ3) is 5.46. The van der Waals surface area contributed by atoms with Crippen molar-refractivity contribution in [3.63, 3.8) is 0 Å². The summed E-state index contributed by atoms with van der Waals surface area (Å²) < 4.78 is 4.73. The average molecular weight is 172 g/mol. The molecule has 0 aliphatic heterocycles. The number of aliphatic carboxylic acids is 1. The maximum atomic E-state index is 10.6. The molecule has 0 heterocycles. The van der Waals surface area contributed by atoms with Gasteiger partial charge in [0.05, 0.1) is 6.10 Å². The Bertz CT molecular complexity index is 185. The number of carboxylic acid groups (broad SMARTS) is 1. The van der Waals surface area contributed by atoms with Crippen LogP contribution in [0.2, 0.25) is 0 Å². The maximum Gasteiger partial charge on any atom is 0.330 e. The van der Waals surface area contributed by atoms with Crippen molar-refractivity contribution in [3.8, 4) is 0 Å². The van der Waals surface area contributed by atoms with Crippen LogP contribution in [0, 0.1) is 0 Å². The van der Waals surface area contributed by atoms with E-state index in [0.29, 0.717) is 6.42 Å². The number of esters is 1. The molecule has 0 radical (unpaired) electrons. The van der Waals surface area contributed by atoms with Gasteiger partial charge in [-0.05, 0) is 13.3 Å². The number of hydrogen-bond donors (Lipinski definition) is 1. The minimum Gasteiger partial charge on any atom is -0.481 e. The summed E-state index contributed by atoms with van der Waals surface area (Å²) in [6, 6.07) is 0. The summed E-state index contributed by atoms with van der Waals surface area (Å²) in [6.45, 7) is 4.86. The minimum absolute atomic E-state index is 0.00555. The van der Waals surface area contributed by atoms with Crippen LogP contribution in [0.5, 0.6) is 0 Å². The van der Waals surface area contributed by atoms with Gasteiger partial charge < -0.3 is 9.84 Å². The normalized spacial score (nSPS) is 11.8. The summed E-state index contributed by atoms with van der Waals surface area (Å²) in [4.78, 5) is 20.7. The number of hydrogen-bond acceptors (Lipinski definition) is 3. The molecule has 1 atom stereocenters. The Balaban J connectivity index is 3.59. The first-order chi connectivity index (χ1) is 5.56.